The Morgan fingerprint density at radius 3 is 2.74 bits per heavy atom. The fourth-order valence-electron chi connectivity index (χ4n) is 1.34. The van der Waals surface area contributed by atoms with E-state index in [0.29, 0.717) is 13.0 Å². The van der Waals surface area contributed by atoms with E-state index in [1.54, 1.807) is 6.20 Å². The van der Waals surface area contributed by atoms with Crippen molar-refractivity contribution in [3.05, 3.63) is 18.2 Å². The summed E-state index contributed by atoms with van der Waals surface area (Å²) < 4.78 is 0. The number of hydrogen-bond acceptors (Lipinski definition) is 4. The van der Waals surface area contributed by atoms with Crippen molar-refractivity contribution < 1.29 is 19.5 Å². The molecule has 0 aliphatic rings. The van der Waals surface area contributed by atoms with Gasteiger partial charge < -0.3 is 26.5 Å². The summed E-state index contributed by atoms with van der Waals surface area (Å²) >= 11 is 0. The number of aromatic nitrogens is 2. The molecule has 9 nitrogen and oxygen atoms in total. The smallest absolute Gasteiger partial charge is 0.326 e. The normalized spacial score (nSPS) is 11.6. The molecule has 0 saturated heterocycles. The lowest BCUT2D eigenvalue weighted by Gasteiger charge is -2.13. The quantitative estimate of drug-likeness (QED) is 0.411. The summed E-state index contributed by atoms with van der Waals surface area (Å²) in [6, 6.07) is -2.00. The summed E-state index contributed by atoms with van der Waals surface area (Å²) in [6.07, 6.45) is 3.21. The molecule has 19 heavy (non-hydrogen) atoms. The minimum absolute atomic E-state index is 0.303. The van der Waals surface area contributed by atoms with E-state index in [1.807, 2.05) is 0 Å². The van der Waals surface area contributed by atoms with Crippen molar-refractivity contribution in [3.63, 3.8) is 0 Å². The molecule has 1 aromatic rings. The summed E-state index contributed by atoms with van der Waals surface area (Å²) in [5.74, 6) is -2.12. The molecule has 0 fully saturated rings. The first kappa shape index (κ1) is 14.5. The molecule has 6 N–H and O–H groups in total. The minimum Gasteiger partial charge on any atom is -0.480 e. The lowest BCUT2D eigenvalue weighted by atomic mass is 10.2. The Labute approximate surface area is 108 Å². The van der Waals surface area contributed by atoms with E-state index in [4.69, 9.17) is 10.8 Å². The number of nitrogens with two attached hydrogens (primary N) is 1. The molecule has 1 aromatic heterocycles. The van der Waals surface area contributed by atoms with Crippen LogP contribution in [0.25, 0.3) is 0 Å². The van der Waals surface area contributed by atoms with Gasteiger partial charge in [-0.25, -0.2) is 14.6 Å². The third-order valence-electron chi connectivity index (χ3n) is 2.24. The van der Waals surface area contributed by atoms with Gasteiger partial charge in [-0.1, -0.05) is 0 Å². The van der Waals surface area contributed by atoms with Crippen molar-refractivity contribution in [2.45, 2.75) is 18.9 Å². The van der Waals surface area contributed by atoms with Gasteiger partial charge in [-0.05, 0) is 0 Å². The number of hydrogen-bond donors (Lipinski definition) is 5. The number of primary amides is 1. The van der Waals surface area contributed by atoms with Crippen LogP contribution < -0.4 is 16.4 Å². The number of aliphatic carboxylic acids is 1. The highest BCUT2D eigenvalue weighted by atomic mass is 16.4. The molecular formula is C10H15N5O4. The third-order valence-corrected chi connectivity index (χ3v) is 2.24. The van der Waals surface area contributed by atoms with Crippen LogP contribution in [0.15, 0.2) is 12.5 Å². The summed E-state index contributed by atoms with van der Waals surface area (Å²) in [5.41, 5.74) is 5.73. The summed E-state index contributed by atoms with van der Waals surface area (Å²) in [7, 11) is 0. The van der Waals surface area contributed by atoms with Crippen LogP contribution in [0.2, 0.25) is 0 Å². The Kier molecular flexibility index (Phi) is 5.33. The highest BCUT2D eigenvalue weighted by molar-refractivity contribution is 5.87. The highest BCUT2D eigenvalue weighted by Crippen LogP contribution is 1.93. The molecular weight excluding hydrogens is 254 g/mol. The van der Waals surface area contributed by atoms with E-state index in [1.165, 1.54) is 6.33 Å². The van der Waals surface area contributed by atoms with Gasteiger partial charge in [0.15, 0.2) is 0 Å². The van der Waals surface area contributed by atoms with Crippen molar-refractivity contribution in [1.29, 1.82) is 0 Å². The molecule has 1 heterocycles. The predicted molar refractivity (Wildman–Crippen MR) is 64.1 cm³/mol. The topological polar surface area (TPSA) is 150 Å². The second kappa shape index (κ2) is 6.99. The van der Waals surface area contributed by atoms with Crippen LogP contribution >= 0.6 is 0 Å². The van der Waals surface area contributed by atoms with Crippen molar-refractivity contribution in [2.75, 3.05) is 6.54 Å². The predicted octanol–water partition coefficient (Wildman–Crippen LogP) is -1.42. The van der Waals surface area contributed by atoms with E-state index in [-0.39, 0.29) is 0 Å². The Morgan fingerprint density at radius 1 is 1.47 bits per heavy atom. The molecule has 104 valence electrons. The van der Waals surface area contributed by atoms with Crippen LogP contribution in [0.3, 0.4) is 0 Å². The Morgan fingerprint density at radius 2 is 2.21 bits per heavy atom. The number of carboxylic acids is 1. The number of aromatic amines is 1. The van der Waals surface area contributed by atoms with Gasteiger partial charge in [-0.2, -0.15) is 0 Å². The first-order valence-corrected chi connectivity index (χ1v) is 5.51. The zero-order valence-electron chi connectivity index (χ0n) is 10.0. The van der Waals surface area contributed by atoms with Gasteiger partial charge in [-0.15, -0.1) is 0 Å². The first-order chi connectivity index (χ1) is 8.99. The van der Waals surface area contributed by atoms with Gasteiger partial charge in [0.2, 0.25) is 5.91 Å². The SMILES string of the molecule is NC(=O)C[C@H](NC(=O)NCCc1cnc[nH]1)C(=O)O. The molecule has 0 spiro atoms. The van der Waals surface area contributed by atoms with Gasteiger partial charge in [0.1, 0.15) is 6.04 Å². The van der Waals surface area contributed by atoms with Crippen molar-refractivity contribution >= 4 is 17.9 Å². The Bertz CT molecular complexity index is 445. The number of carboxylic acid groups (broad SMARTS) is 1. The maximum atomic E-state index is 11.4. The molecule has 0 aromatic carbocycles. The van der Waals surface area contributed by atoms with Gasteiger partial charge in [0.25, 0.3) is 0 Å². The summed E-state index contributed by atoms with van der Waals surface area (Å²) in [6.45, 7) is 0.303. The van der Waals surface area contributed by atoms with Crippen molar-refractivity contribution in [2.24, 2.45) is 5.73 Å². The third kappa shape index (κ3) is 5.52. The van der Waals surface area contributed by atoms with Gasteiger partial charge in [-0.3, -0.25) is 4.79 Å². The summed E-state index contributed by atoms with van der Waals surface area (Å²) in [5, 5.41) is 13.4. The Hall–Kier alpha value is -2.58. The molecule has 0 saturated carbocycles. The van der Waals surface area contributed by atoms with Gasteiger partial charge in [0.05, 0.1) is 12.7 Å². The maximum Gasteiger partial charge on any atom is 0.326 e. The maximum absolute atomic E-state index is 11.4. The number of urea groups is 1. The van der Waals surface area contributed by atoms with E-state index < -0.39 is 30.4 Å². The lowest BCUT2D eigenvalue weighted by Crippen LogP contribution is -2.48. The van der Waals surface area contributed by atoms with Crippen molar-refractivity contribution in [3.8, 4) is 0 Å². The Balaban J connectivity index is 2.32. The standard InChI is InChI=1S/C10H15N5O4/c11-8(16)3-7(9(17)18)15-10(19)13-2-1-6-4-12-5-14-6/h4-5,7H,1-3H2,(H2,11,16)(H,12,14)(H,17,18)(H2,13,15,19)/t7-/m0/s1. The first-order valence-electron chi connectivity index (χ1n) is 5.51. The lowest BCUT2D eigenvalue weighted by molar-refractivity contribution is -0.140. The second-order valence-corrected chi connectivity index (χ2v) is 3.79. The molecule has 3 amide bonds. The van der Waals surface area contributed by atoms with Gasteiger partial charge in [0, 0.05) is 24.9 Å². The van der Waals surface area contributed by atoms with Crippen LogP contribution in [-0.4, -0.2) is 45.6 Å². The fraction of sp³-hybridized carbons (Fsp3) is 0.400. The average molecular weight is 269 g/mol. The van der Waals surface area contributed by atoms with Gasteiger partial charge >= 0.3 is 12.0 Å². The number of nitrogens with one attached hydrogen (secondary N) is 3. The molecule has 1 atom stereocenters. The largest absolute Gasteiger partial charge is 0.480 e. The zero-order chi connectivity index (χ0) is 14.3. The van der Waals surface area contributed by atoms with Crippen LogP contribution in [0.1, 0.15) is 12.1 Å². The number of carbonyl (C=O) groups excluding carboxylic acids is 2. The molecule has 0 bridgehead atoms. The van der Waals surface area contributed by atoms with Crippen LogP contribution in [-0.2, 0) is 16.0 Å². The molecule has 0 radical (unpaired) electrons. The number of imidazole rings is 1. The van der Waals surface area contributed by atoms with Crippen LogP contribution in [0.5, 0.6) is 0 Å². The second-order valence-electron chi connectivity index (χ2n) is 3.79. The number of carbonyl (C=O) groups is 3. The number of H-pyrrole nitrogens is 1. The fourth-order valence-corrected chi connectivity index (χ4v) is 1.34. The van der Waals surface area contributed by atoms with E-state index in [2.05, 4.69) is 20.6 Å². The van der Waals surface area contributed by atoms with E-state index >= 15 is 0 Å². The average Bonchev–Trinajstić information content (AvgIpc) is 2.80. The molecule has 0 aliphatic heterocycles. The summed E-state index contributed by atoms with van der Waals surface area (Å²) in [4.78, 5) is 39.5. The number of rotatable bonds is 7. The van der Waals surface area contributed by atoms with E-state index in [0.717, 1.165) is 5.69 Å². The molecule has 0 aliphatic carbocycles. The molecule has 9 heteroatoms. The van der Waals surface area contributed by atoms with E-state index in [9.17, 15) is 14.4 Å². The monoisotopic (exact) mass is 269 g/mol. The zero-order valence-corrected chi connectivity index (χ0v) is 10.0. The van der Waals surface area contributed by atoms with Crippen LogP contribution in [0.4, 0.5) is 4.79 Å². The highest BCUT2D eigenvalue weighted by Gasteiger charge is 2.21. The molecule has 0 unspecified atom stereocenters. The minimum atomic E-state index is -1.33. The molecule has 1 rings (SSSR count). The number of amides is 3. The van der Waals surface area contributed by atoms with Crippen molar-refractivity contribution in [1.82, 2.24) is 20.6 Å². The number of nitrogens with zero attached hydrogens (tertiary/aromatic N) is 1. The van der Waals surface area contributed by atoms with Crippen LogP contribution in [0, 0.1) is 0 Å².